The highest BCUT2D eigenvalue weighted by Crippen LogP contribution is 2.32. The van der Waals surface area contributed by atoms with Crippen LogP contribution >= 0.6 is 11.6 Å². The summed E-state index contributed by atoms with van der Waals surface area (Å²) in [6.45, 7) is 3.26. The summed E-state index contributed by atoms with van der Waals surface area (Å²) in [6, 6.07) is 4.56. The summed E-state index contributed by atoms with van der Waals surface area (Å²) in [6.07, 6.45) is 1.02. The first-order valence-electron chi connectivity index (χ1n) is 6.88. The molecule has 1 unspecified atom stereocenters. The molecule has 118 valence electrons. The van der Waals surface area contributed by atoms with Crippen LogP contribution in [0, 0.1) is 0 Å². The molecule has 1 aromatic rings. The number of carbonyl (C=O) groups excluding carboxylic acids is 2. The lowest BCUT2D eigenvalue weighted by atomic mass is 9.98. The van der Waals surface area contributed by atoms with Crippen LogP contribution in [0.1, 0.15) is 37.0 Å². The Morgan fingerprint density at radius 1 is 1.36 bits per heavy atom. The normalized spacial score (nSPS) is 20.8. The summed E-state index contributed by atoms with van der Waals surface area (Å²) in [5.41, 5.74) is -0.608. The number of anilines is 1. The van der Waals surface area contributed by atoms with Gasteiger partial charge in [0.1, 0.15) is 5.54 Å². The maximum Gasteiger partial charge on any atom is 0.329 e. The van der Waals surface area contributed by atoms with Crippen LogP contribution in [0.5, 0.6) is 0 Å². The predicted octanol–water partition coefficient (Wildman–Crippen LogP) is 2.38. The van der Waals surface area contributed by atoms with Crippen LogP contribution in [0.3, 0.4) is 0 Å². The number of nitrogens with one attached hydrogen (secondary N) is 1. The Bertz CT molecular complexity index is 646. The maximum atomic E-state index is 12.7. The predicted molar refractivity (Wildman–Crippen MR) is 82.1 cm³/mol. The van der Waals surface area contributed by atoms with E-state index < -0.39 is 17.4 Å². The lowest BCUT2D eigenvalue weighted by molar-refractivity contribution is -0.147. The number of hydrogen-bond acceptors (Lipinski definition) is 3. The van der Waals surface area contributed by atoms with Gasteiger partial charge in [-0.05, 0) is 38.0 Å². The van der Waals surface area contributed by atoms with E-state index in [0.29, 0.717) is 25.1 Å². The van der Waals surface area contributed by atoms with Gasteiger partial charge in [0.05, 0.1) is 10.6 Å². The summed E-state index contributed by atoms with van der Waals surface area (Å²) < 4.78 is 0. The molecule has 0 bridgehead atoms. The summed E-state index contributed by atoms with van der Waals surface area (Å²) in [5.74, 6) is -1.75. The fourth-order valence-electron chi connectivity index (χ4n) is 2.63. The van der Waals surface area contributed by atoms with Crippen LogP contribution in [-0.2, 0) is 9.59 Å². The molecule has 0 radical (unpaired) electrons. The van der Waals surface area contributed by atoms with E-state index in [-0.39, 0.29) is 16.5 Å². The lowest BCUT2D eigenvalue weighted by Gasteiger charge is -2.31. The van der Waals surface area contributed by atoms with Gasteiger partial charge in [-0.2, -0.15) is 0 Å². The number of halogens is 1. The van der Waals surface area contributed by atoms with E-state index in [0.717, 1.165) is 0 Å². The van der Waals surface area contributed by atoms with Crippen LogP contribution in [-0.4, -0.2) is 39.9 Å². The molecule has 0 saturated carbocycles. The summed E-state index contributed by atoms with van der Waals surface area (Å²) in [5, 5.41) is 12.2. The maximum absolute atomic E-state index is 12.7. The Morgan fingerprint density at radius 3 is 2.64 bits per heavy atom. The van der Waals surface area contributed by atoms with Crippen LogP contribution < -0.4 is 5.32 Å². The molecule has 2 N–H and O–H groups in total. The van der Waals surface area contributed by atoms with E-state index in [9.17, 15) is 19.5 Å². The van der Waals surface area contributed by atoms with Gasteiger partial charge in [0.2, 0.25) is 5.91 Å². The Hall–Kier alpha value is -2.08. The topological polar surface area (TPSA) is 86.7 Å². The van der Waals surface area contributed by atoms with Crippen molar-refractivity contribution in [3.8, 4) is 0 Å². The number of benzene rings is 1. The first kappa shape index (κ1) is 16.3. The summed E-state index contributed by atoms with van der Waals surface area (Å²) in [7, 11) is 0. The van der Waals surface area contributed by atoms with Gasteiger partial charge >= 0.3 is 5.97 Å². The number of likely N-dealkylation sites (tertiary alicyclic amines) is 1. The van der Waals surface area contributed by atoms with E-state index in [4.69, 9.17) is 11.6 Å². The van der Waals surface area contributed by atoms with Gasteiger partial charge in [-0.15, -0.1) is 0 Å². The number of aliphatic carboxylic acids is 1. The molecule has 1 aliphatic heterocycles. The minimum absolute atomic E-state index is 0.183. The smallest absolute Gasteiger partial charge is 0.329 e. The Balaban J connectivity index is 2.36. The van der Waals surface area contributed by atoms with Crippen molar-refractivity contribution >= 4 is 35.1 Å². The third-order valence-electron chi connectivity index (χ3n) is 3.86. The Kier molecular flexibility index (Phi) is 4.42. The highest BCUT2D eigenvalue weighted by Gasteiger charge is 2.46. The van der Waals surface area contributed by atoms with Gasteiger partial charge in [-0.25, -0.2) is 4.79 Å². The van der Waals surface area contributed by atoms with Gasteiger partial charge in [-0.1, -0.05) is 11.6 Å². The number of carboxylic acids is 1. The Labute approximate surface area is 133 Å². The van der Waals surface area contributed by atoms with Gasteiger partial charge < -0.3 is 15.3 Å². The van der Waals surface area contributed by atoms with Crippen LogP contribution in [0.15, 0.2) is 18.2 Å². The number of rotatable bonds is 3. The van der Waals surface area contributed by atoms with Crippen molar-refractivity contribution < 1.29 is 19.5 Å². The van der Waals surface area contributed by atoms with Crippen molar-refractivity contribution in [2.24, 2.45) is 0 Å². The fraction of sp³-hybridized carbons (Fsp3) is 0.400. The number of hydrogen-bond donors (Lipinski definition) is 2. The van der Waals surface area contributed by atoms with Gasteiger partial charge in [0, 0.05) is 19.2 Å². The molecule has 1 atom stereocenters. The molecule has 6 nitrogen and oxygen atoms in total. The molecule has 7 heteroatoms. The molecule has 1 heterocycles. The molecule has 0 spiro atoms. The average molecular weight is 325 g/mol. The number of nitrogens with zero attached hydrogens (tertiary/aromatic N) is 1. The SMILES string of the molecule is CC(=O)Nc1ccc(Cl)c(C(=O)N2CCCC2(C)C(=O)O)c1. The van der Waals surface area contributed by atoms with Crippen LogP contribution in [0.4, 0.5) is 5.69 Å². The highest BCUT2D eigenvalue weighted by molar-refractivity contribution is 6.34. The minimum atomic E-state index is -1.23. The Morgan fingerprint density at radius 2 is 2.05 bits per heavy atom. The zero-order valence-corrected chi connectivity index (χ0v) is 13.1. The highest BCUT2D eigenvalue weighted by atomic mass is 35.5. The van der Waals surface area contributed by atoms with E-state index in [1.165, 1.54) is 30.9 Å². The standard InChI is InChI=1S/C15H17ClN2O4/c1-9(19)17-10-4-5-12(16)11(8-10)13(20)18-7-3-6-15(18,2)14(21)22/h4-5,8H,3,6-7H2,1-2H3,(H,17,19)(H,21,22). The number of carboxylic acid groups (broad SMARTS) is 1. The second kappa shape index (κ2) is 5.96. The molecule has 0 aliphatic carbocycles. The molecule has 1 aromatic carbocycles. The molecule has 22 heavy (non-hydrogen) atoms. The molecule has 2 rings (SSSR count). The molecular formula is C15H17ClN2O4. The van der Waals surface area contributed by atoms with Gasteiger partial charge in [0.15, 0.2) is 0 Å². The molecule has 1 fully saturated rings. The van der Waals surface area contributed by atoms with E-state index in [1.54, 1.807) is 6.07 Å². The summed E-state index contributed by atoms with van der Waals surface area (Å²) >= 11 is 6.07. The zero-order valence-electron chi connectivity index (χ0n) is 12.4. The number of carbonyl (C=O) groups is 3. The van der Waals surface area contributed by atoms with Crippen molar-refractivity contribution in [2.45, 2.75) is 32.2 Å². The number of amides is 2. The molecule has 0 aromatic heterocycles. The molecule has 1 saturated heterocycles. The van der Waals surface area contributed by atoms with E-state index in [1.807, 2.05) is 0 Å². The second-order valence-electron chi connectivity index (χ2n) is 5.52. The zero-order chi connectivity index (χ0) is 16.5. The van der Waals surface area contributed by atoms with Crippen molar-refractivity contribution in [3.05, 3.63) is 28.8 Å². The molecule has 1 aliphatic rings. The monoisotopic (exact) mass is 324 g/mol. The van der Waals surface area contributed by atoms with Crippen LogP contribution in [0.2, 0.25) is 5.02 Å². The first-order valence-corrected chi connectivity index (χ1v) is 7.26. The third-order valence-corrected chi connectivity index (χ3v) is 4.19. The largest absolute Gasteiger partial charge is 0.480 e. The van der Waals surface area contributed by atoms with Crippen molar-refractivity contribution in [3.63, 3.8) is 0 Å². The lowest BCUT2D eigenvalue weighted by Crippen LogP contribution is -2.50. The third kappa shape index (κ3) is 2.92. The fourth-order valence-corrected chi connectivity index (χ4v) is 2.83. The van der Waals surface area contributed by atoms with Crippen LogP contribution in [0.25, 0.3) is 0 Å². The minimum Gasteiger partial charge on any atom is -0.480 e. The van der Waals surface area contributed by atoms with Crippen molar-refractivity contribution in [1.82, 2.24) is 4.90 Å². The average Bonchev–Trinajstić information content (AvgIpc) is 2.83. The van der Waals surface area contributed by atoms with Crippen molar-refractivity contribution in [1.29, 1.82) is 0 Å². The van der Waals surface area contributed by atoms with Gasteiger partial charge in [0.25, 0.3) is 5.91 Å². The molecule has 2 amide bonds. The molecular weight excluding hydrogens is 308 g/mol. The van der Waals surface area contributed by atoms with E-state index in [2.05, 4.69) is 5.32 Å². The van der Waals surface area contributed by atoms with E-state index >= 15 is 0 Å². The van der Waals surface area contributed by atoms with Gasteiger partial charge in [-0.3, -0.25) is 9.59 Å². The summed E-state index contributed by atoms with van der Waals surface area (Å²) in [4.78, 5) is 36.6. The quantitative estimate of drug-likeness (QED) is 0.893. The second-order valence-corrected chi connectivity index (χ2v) is 5.92. The first-order chi connectivity index (χ1) is 10.3. The van der Waals surface area contributed by atoms with Crippen molar-refractivity contribution in [2.75, 3.05) is 11.9 Å².